The van der Waals surface area contributed by atoms with E-state index in [1.807, 2.05) is 6.92 Å². The Balaban J connectivity index is 2.96. The molecule has 0 saturated carbocycles. The number of nitrogens with one attached hydrogen (secondary N) is 1. The van der Waals surface area contributed by atoms with Crippen molar-refractivity contribution in [1.29, 1.82) is 0 Å². The highest BCUT2D eigenvalue weighted by molar-refractivity contribution is 5.84. The Labute approximate surface area is 133 Å². The predicted molar refractivity (Wildman–Crippen MR) is 77.2 cm³/mol. The molecule has 0 aromatic heterocycles. The number of carbonyl (C=O) groups excluding carboxylic acids is 1. The van der Waals surface area contributed by atoms with Gasteiger partial charge in [-0.25, -0.2) is 4.79 Å². The van der Waals surface area contributed by atoms with Gasteiger partial charge in [-0.1, -0.05) is 13.3 Å². The standard InChI is InChI=1S/C14H23NO8/c1-2-3-4-10(19)15-11-7(17)5-9(14(21)22)23-13(11)12(20)8(18)6-16/h5,7-8,11-13,16-18,20H,2-4,6H2,1H3,(H,15,19)(H,21,22)/t7-,8?,11?,12?,13?/m1/s1. The van der Waals surface area contributed by atoms with Gasteiger partial charge in [0.05, 0.1) is 12.6 Å². The van der Waals surface area contributed by atoms with Crippen LogP contribution >= 0.6 is 0 Å². The number of carboxylic acid groups (broad SMARTS) is 1. The zero-order chi connectivity index (χ0) is 17.6. The lowest BCUT2D eigenvalue weighted by Crippen LogP contribution is -2.60. The van der Waals surface area contributed by atoms with E-state index in [-0.39, 0.29) is 6.42 Å². The minimum absolute atomic E-state index is 0.195. The van der Waals surface area contributed by atoms with Gasteiger partial charge in [0, 0.05) is 6.42 Å². The molecule has 5 atom stereocenters. The van der Waals surface area contributed by atoms with Crippen molar-refractivity contribution in [3.05, 3.63) is 11.8 Å². The number of carboxylic acids is 1. The van der Waals surface area contributed by atoms with Crippen molar-refractivity contribution in [3.8, 4) is 0 Å². The Morgan fingerprint density at radius 1 is 1.39 bits per heavy atom. The third-order valence-electron chi connectivity index (χ3n) is 3.52. The number of ether oxygens (including phenoxy) is 1. The lowest BCUT2D eigenvalue weighted by atomic mass is 9.93. The summed E-state index contributed by atoms with van der Waals surface area (Å²) in [4.78, 5) is 22.8. The summed E-state index contributed by atoms with van der Waals surface area (Å²) in [6.07, 6.45) is -3.65. The van der Waals surface area contributed by atoms with Gasteiger partial charge in [-0.05, 0) is 12.5 Å². The number of hydrogen-bond donors (Lipinski definition) is 6. The second kappa shape index (κ2) is 8.82. The van der Waals surface area contributed by atoms with E-state index in [0.29, 0.717) is 6.42 Å². The first-order valence-corrected chi connectivity index (χ1v) is 7.38. The maximum Gasteiger partial charge on any atom is 0.370 e. The zero-order valence-corrected chi connectivity index (χ0v) is 12.8. The smallest absolute Gasteiger partial charge is 0.370 e. The van der Waals surface area contributed by atoms with Crippen molar-refractivity contribution in [3.63, 3.8) is 0 Å². The summed E-state index contributed by atoms with van der Waals surface area (Å²) in [6.45, 7) is 1.11. The Kier molecular flexibility index (Phi) is 7.43. The third-order valence-corrected chi connectivity index (χ3v) is 3.52. The fourth-order valence-corrected chi connectivity index (χ4v) is 2.21. The summed E-state index contributed by atoms with van der Waals surface area (Å²) < 4.78 is 5.09. The number of unbranched alkanes of at least 4 members (excludes halogenated alkanes) is 1. The Hall–Kier alpha value is -1.68. The molecular weight excluding hydrogens is 310 g/mol. The van der Waals surface area contributed by atoms with Crippen LogP contribution in [0, 0.1) is 0 Å². The molecule has 1 heterocycles. The van der Waals surface area contributed by atoms with Crippen molar-refractivity contribution in [2.24, 2.45) is 0 Å². The number of carbonyl (C=O) groups is 2. The number of aliphatic carboxylic acids is 1. The molecule has 0 fully saturated rings. The molecule has 0 radical (unpaired) electrons. The first-order chi connectivity index (χ1) is 10.8. The lowest BCUT2D eigenvalue weighted by molar-refractivity contribution is -0.149. The van der Waals surface area contributed by atoms with Crippen LogP contribution in [0.15, 0.2) is 11.8 Å². The summed E-state index contributed by atoms with van der Waals surface area (Å²) in [7, 11) is 0. The molecule has 1 aliphatic rings. The van der Waals surface area contributed by atoms with E-state index >= 15 is 0 Å². The molecule has 1 aliphatic heterocycles. The van der Waals surface area contributed by atoms with Crippen LogP contribution in [0.3, 0.4) is 0 Å². The SMILES string of the molecule is CCCCC(=O)NC1C(C(O)C(O)CO)OC(C(=O)O)=C[C@H]1O. The second-order valence-corrected chi connectivity index (χ2v) is 5.35. The zero-order valence-electron chi connectivity index (χ0n) is 12.8. The fraction of sp³-hybridized carbons (Fsp3) is 0.714. The summed E-state index contributed by atoms with van der Waals surface area (Å²) in [6, 6.07) is -1.15. The summed E-state index contributed by atoms with van der Waals surface area (Å²) in [5, 5.41) is 49.9. The molecule has 4 unspecified atom stereocenters. The fourth-order valence-electron chi connectivity index (χ4n) is 2.21. The van der Waals surface area contributed by atoms with Gasteiger partial charge in [0.25, 0.3) is 0 Å². The molecule has 1 amide bonds. The highest BCUT2D eigenvalue weighted by atomic mass is 16.5. The summed E-state index contributed by atoms with van der Waals surface area (Å²) in [5.41, 5.74) is 0. The Bertz CT molecular complexity index is 452. The Morgan fingerprint density at radius 3 is 2.57 bits per heavy atom. The van der Waals surface area contributed by atoms with Crippen molar-refractivity contribution in [1.82, 2.24) is 5.32 Å². The molecule has 0 aromatic carbocycles. The van der Waals surface area contributed by atoms with Gasteiger partial charge in [-0.15, -0.1) is 0 Å². The van der Waals surface area contributed by atoms with Crippen molar-refractivity contribution in [2.75, 3.05) is 6.61 Å². The van der Waals surface area contributed by atoms with Crippen LogP contribution in [0.4, 0.5) is 0 Å². The average molecular weight is 333 g/mol. The number of aliphatic hydroxyl groups is 4. The second-order valence-electron chi connectivity index (χ2n) is 5.35. The van der Waals surface area contributed by atoms with Crippen molar-refractivity contribution >= 4 is 11.9 Å². The number of rotatable bonds is 8. The van der Waals surface area contributed by atoms with E-state index in [9.17, 15) is 24.9 Å². The first-order valence-electron chi connectivity index (χ1n) is 7.38. The topological polar surface area (TPSA) is 157 Å². The van der Waals surface area contributed by atoms with Crippen LogP contribution in [0.25, 0.3) is 0 Å². The minimum Gasteiger partial charge on any atom is -0.478 e. The van der Waals surface area contributed by atoms with Gasteiger partial charge >= 0.3 is 5.97 Å². The van der Waals surface area contributed by atoms with E-state index in [4.69, 9.17) is 14.9 Å². The normalized spacial score (nSPS) is 26.7. The van der Waals surface area contributed by atoms with Crippen LogP contribution in [-0.4, -0.2) is 74.5 Å². The van der Waals surface area contributed by atoms with Crippen molar-refractivity contribution in [2.45, 2.75) is 56.6 Å². The molecule has 9 nitrogen and oxygen atoms in total. The maximum absolute atomic E-state index is 11.8. The van der Waals surface area contributed by atoms with E-state index in [1.54, 1.807) is 0 Å². The quantitative estimate of drug-likeness (QED) is 0.301. The maximum atomic E-state index is 11.8. The number of aliphatic hydroxyl groups excluding tert-OH is 4. The highest BCUT2D eigenvalue weighted by Crippen LogP contribution is 2.23. The summed E-state index contributed by atoms with van der Waals surface area (Å²) in [5.74, 6) is -2.47. The molecule has 1 rings (SSSR count). The molecule has 0 aromatic rings. The van der Waals surface area contributed by atoms with E-state index in [0.717, 1.165) is 12.5 Å². The van der Waals surface area contributed by atoms with Gasteiger partial charge in [-0.2, -0.15) is 0 Å². The van der Waals surface area contributed by atoms with Gasteiger partial charge < -0.3 is 35.6 Å². The molecule has 0 spiro atoms. The highest BCUT2D eigenvalue weighted by Gasteiger charge is 2.43. The molecule has 0 saturated heterocycles. The molecule has 9 heteroatoms. The van der Waals surface area contributed by atoms with Crippen LogP contribution < -0.4 is 5.32 Å². The Morgan fingerprint density at radius 2 is 2.04 bits per heavy atom. The van der Waals surface area contributed by atoms with Gasteiger partial charge in [-0.3, -0.25) is 4.79 Å². The van der Waals surface area contributed by atoms with E-state index in [2.05, 4.69) is 5.32 Å². The monoisotopic (exact) mass is 333 g/mol. The van der Waals surface area contributed by atoms with Gasteiger partial charge in [0.2, 0.25) is 11.7 Å². The molecular formula is C14H23NO8. The van der Waals surface area contributed by atoms with Gasteiger partial charge in [0.15, 0.2) is 6.10 Å². The third kappa shape index (κ3) is 5.17. The number of hydrogen-bond acceptors (Lipinski definition) is 7. The minimum atomic E-state index is -1.70. The molecule has 132 valence electrons. The largest absolute Gasteiger partial charge is 0.478 e. The van der Waals surface area contributed by atoms with Crippen LogP contribution in [-0.2, 0) is 14.3 Å². The first kappa shape index (κ1) is 19.4. The molecule has 0 bridgehead atoms. The molecule has 0 aliphatic carbocycles. The van der Waals surface area contributed by atoms with E-state index in [1.165, 1.54) is 0 Å². The van der Waals surface area contributed by atoms with E-state index < -0.39 is 54.7 Å². The lowest BCUT2D eigenvalue weighted by Gasteiger charge is -2.38. The van der Waals surface area contributed by atoms with Crippen LogP contribution in [0.2, 0.25) is 0 Å². The summed E-state index contributed by atoms with van der Waals surface area (Å²) >= 11 is 0. The van der Waals surface area contributed by atoms with Crippen molar-refractivity contribution < 1.29 is 39.9 Å². The van der Waals surface area contributed by atoms with Crippen LogP contribution in [0.1, 0.15) is 26.2 Å². The number of amides is 1. The average Bonchev–Trinajstić information content (AvgIpc) is 2.52. The van der Waals surface area contributed by atoms with Crippen LogP contribution in [0.5, 0.6) is 0 Å². The molecule has 6 N–H and O–H groups in total. The van der Waals surface area contributed by atoms with Gasteiger partial charge in [0.1, 0.15) is 18.3 Å². The molecule has 23 heavy (non-hydrogen) atoms. The predicted octanol–water partition coefficient (Wildman–Crippen LogP) is -1.90.